The molecule has 21 heavy (non-hydrogen) atoms. The van der Waals surface area contributed by atoms with Crippen molar-refractivity contribution in [1.29, 1.82) is 0 Å². The highest BCUT2D eigenvalue weighted by molar-refractivity contribution is 5.89. The van der Waals surface area contributed by atoms with Crippen LogP contribution in [0, 0.1) is 6.92 Å². The topological polar surface area (TPSA) is 41.6 Å². The molecule has 1 saturated heterocycles. The van der Waals surface area contributed by atoms with Crippen molar-refractivity contribution in [3.05, 3.63) is 59.7 Å². The number of aryl methyl sites for hydroxylation is 1. The molecule has 4 nitrogen and oxygen atoms in total. The number of hydrogen-bond acceptors (Lipinski definition) is 3. The highest BCUT2D eigenvalue weighted by Crippen LogP contribution is 2.23. The van der Waals surface area contributed by atoms with Crippen molar-refractivity contribution < 1.29 is 9.53 Å². The van der Waals surface area contributed by atoms with E-state index in [1.807, 2.05) is 36.4 Å². The minimum atomic E-state index is -0.272. The van der Waals surface area contributed by atoms with Gasteiger partial charge in [-0.2, -0.15) is 0 Å². The van der Waals surface area contributed by atoms with Gasteiger partial charge in [0.2, 0.25) is 0 Å². The van der Waals surface area contributed by atoms with E-state index >= 15 is 0 Å². The first-order valence-corrected chi connectivity index (χ1v) is 7.07. The first-order valence-electron chi connectivity index (χ1n) is 7.07. The molecule has 108 valence electrons. The summed E-state index contributed by atoms with van der Waals surface area (Å²) in [6, 6.07) is 16.2. The third-order valence-electron chi connectivity index (χ3n) is 3.66. The van der Waals surface area contributed by atoms with Crippen molar-refractivity contribution in [1.82, 2.24) is 0 Å². The Hall–Kier alpha value is -2.49. The highest BCUT2D eigenvalue weighted by Gasteiger charge is 2.23. The summed E-state index contributed by atoms with van der Waals surface area (Å²) in [5.74, 6) is 0. The molecule has 0 saturated carbocycles. The molecule has 2 aromatic carbocycles. The number of carbonyl (C=O) groups excluding carboxylic acids is 1. The van der Waals surface area contributed by atoms with Crippen LogP contribution >= 0.6 is 0 Å². The molecule has 0 atom stereocenters. The molecule has 1 aliphatic rings. The lowest BCUT2D eigenvalue weighted by Crippen LogP contribution is -2.23. The van der Waals surface area contributed by atoms with E-state index in [0.717, 1.165) is 17.9 Å². The Balaban J connectivity index is 1.72. The number of benzene rings is 2. The van der Waals surface area contributed by atoms with E-state index < -0.39 is 0 Å². The van der Waals surface area contributed by atoms with Crippen LogP contribution in [0.15, 0.2) is 48.5 Å². The summed E-state index contributed by atoms with van der Waals surface area (Å²) in [7, 11) is 0. The number of nitrogens with one attached hydrogen (secondary N) is 1. The summed E-state index contributed by atoms with van der Waals surface area (Å²) in [6.45, 7) is 3.94. The molecule has 3 rings (SSSR count). The molecular weight excluding hydrogens is 264 g/mol. The number of amides is 1. The Bertz CT molecular complexity index is 655. The van der Waals surface area contributed by atoms with Gasteiger partial charge < -0.3 is 10.1 Å². The molecular formula is C17H18N2O2. The van der Waals surface area contributed by atoms with Crippen LogP contribution in [0.3, 0.4) is 0 Å². The van der Waals surface area contributed by atoms with E-state index in [0.29, 0.717) is 13.2 Å². The standard InChI is InChI=1S/C17H18N2O2/c1-13-5-2-3-6-14(13)12-18-15-7-4-8-16(11-15)19-9-10-21-17(19)20/h2-8,11,18H,9-10,12H2,1H3. The predicted octanol–water partition coefficient (Wildman–Crippen LogP) is 3.56. The van der Waals surface area contributed by atoms with Crippen molar-refractivity contribution in [2.24, 2.45) is 0 Å². The molecule has 0 radical (unpaired) electrons. The first kappa shape index (κ1) is 13.5. The van der Waals surface area contributed by atoms with Gasteiger partial charge in [-0.15, -0.1) is 0 Å². The quantitative estimate of drug-likeness (QED) is 0.932. The largest absolute Gasteiger partial charge is 0.447 e. The van der Waals surface area contributed by atoms with Crippen molar-refractivity contribution in [3.63, 3.8) is 0 Å². The normalized spacial score (nSPS) is 14.1. The number of ether oxygens (including phenoxy) is 1. The smallest absolute Gasteiger partial charge is 0.414 e. The van der Waals surface area contributed by atoms with Crippen molar-refractivity contribution in [3.8, 4) is 0 Å². The SMILES string of the molecule is Cc1ccccc1CNc1cccc(N2CCOC2=O)c1. The number of hydrogen-bond donors (Lipinski definition) is 1. The zero-order valence-electron chi connectivity index (χ0n) is 12.0. The fourth-order valence-electron chi connectivity index (χ4n) is 2.42. The minimum Gasteiger partial charge on any atom is -0.447 e. The average Bonchev–Trinajstić information content (AvgIpc) is 2.93. The Morgan fingerprint density at radius 2 is 2.05 bits per heavy atom. The maximum atomic E-state index is 11.6. The average molecular weight is 282 g/mol. The lowest BCUT2D eigenvalue weighted by molar-refractivity contribution is 0.181. The number of rotatable bonds is 4. The van der Waals surface area contributed by atoms with Crippen molar-refractivity contribution in [2.45, 2.75) is 13.5 Å². The lowest BCUT2D eigenvalue weighted by atomic mass is 10.1. The summed E-state index contributed by atoms with van der Waals surface area (Å²) < 4.78 is 4.97. The fourth-order valence-corrected chi connectivity index (χ4v) is 2.42. The van der Waals surface area contributed by atoms with Crippen LogP contribution in [0.1, 0.15) is 11.1 Å². The summed E-state index contributed by atoms with van der Waals surface area (Å²) in [5.41, 5.74) is 4.40. The molecule has 1 N–H and O–H groups in total. The van der Waals surface area contributed by atoms with Crippen LogP contribution in [0.5, 0.6) is 0 Å². The van der Waals surface area contributed by atoms with Crippen LogP contribution in [-0.4, -0.2) is 19.2 Å². The predicted molar refractivity (Wildman–Crippen MR) is 83.6 cm³/mol. The van der Waals surface area contributed by atoms with Crippen molar-refractivity contribution in [2.75, 3.05) is 23.4 Å². The van der Waals surface area contributed by atoms with Gasteiger partial charge in [-0.3, -0.25) is 4.90 Å². The lowest BCUT2D eigenvalue weighted by Gasteiger charge is -2.15. The molecule has 0 aromatic heterocycles. The molecule has 0 unspecified atom stereocenters. The van der Waals surface area contributed by atoms with Gasteiger partial charge in [0.15, 0.2) is 0 Å². The van der Waals surface area contributed by atoms with Crippen LogP contribution in [0.4, 0.5) is 16.2 Å². The molecule has 1 aliphatic heterocycles. The zero-order chi connectivity index (χ0) is 14.7. The fraction of sp³-hybridized carbons (Fsp3) is 0.235. The third-order valence-corrected chi connectivity index (χ3v) is 3.66. The monoisotopic (exact) mass is 282 g/mol. The second kappa shape index (κ2) is 5.87. The molecule has 0 spiro atoms. The van der Waals surface area contributed by atoms with E-state index in [1.165, 1.54) is 11.1 Å². The van der Waals surface area contributed by atoms with E-state index in [2.05, 4.69) is 24.4 Å². The molecule has 4 heteroatoms. The van der Waals surface area contributed by atoms with Gasteiger partial charge in [-0.25, -0.2) is 4.79 Å². The van der Waals surface area contributed by atoms with Gasteiger partial charge in [0.1, 0.15) is 6.61 Å². The number of carbonyl (C=O) groups is 1. The molecule has 0 aliphatic carbocycles. The molecule has 1 fully saturated rings. The number of anilines is 2. The van der Waals surface area contributed by atoms with Crippen LogP contribution < -0.4 is 10.2 Å². The molecule has 1 amide bonds. The van der Waals surface area contributed by atoms with Crippen LogP contribution in [0.25, 0.3) is 0 Å². The molecule has 2 aromatic rings. The highest BCUT2D eigenvalue weighted by atomic mass is 16.6. The van der Waals surface area contributed by atoms with Gasteiger partial charge in [-0.1, -0.05) is 30.3 Å². The second-order valence-corrected chi connectivity index (χ2v) is 5.10. The maximum Gasteiger partial charge on any atom is 0.414 e. The van der Waals surface area contributed by atoms with Gasteiger partial charge >= 0.3 is 6.09 Å². The summed E-state index contributed by atoms with van der Waals surface area (Å²) in [5, 5.41) is 3.40. The number of cyclic esters (lactones) is 1. The van der Waals surface area contributed by atoms with E-state index in [-0.39, 0.29) is 6.09 Å². The Morgan fingerprint density at radius 3 is 2.81 bits per heavy atom. The number of nitrogens with zero attached hydrogens (tertiary/aromatic N) is 1. The first-order chi connectivity index (χ1) is 10.2. The minimum absolute atomic E-state index is 0.272. The van der Waals surface area contributed by atoms with Gasteiger partial charge in [0, 0.05) is 17.9 Å². The summed E-state index contributed by atoms with van der Waals surface area (Å²) in [6.07, 6.45) is -0.272. The Labute approximate surface area is 124 Å². The van der Waals surface area contributed by atoms with Crippen LogP contribution in [-0.2, 0) is 11.3 Å². The van der Waals surface area contributed by atoms with Gasteiger partial charge in [-0.05, 0) is 36.2 Å². The Kier molecular flexibility index (Phi) is 3.77. The Morgan fingerprint density at radius 1 is 1.19 bits per heavy atom. The zero-order valence-corrected chi connectivity index (χ0v) is 12.0. The maximum absolute atomic E-state index is 11.6. The van der Waals surface area contributed by atoms with Gasteiger partial charge in [0.25, 0.3) is 0 Å². The summed E-state index contributed by atoms with van der Waals surface area (Å²) in [4.78, 5) is 13.2. The van der Waals surface area contributed by atoms with Gasteiger partial charge in [0.05, 0.1) is 6.54 Å². The van der Waals surface area contributed by atoms with E-state index in [1.54, 1.807) is 4.90 Å². The van der Waals surface area contributed by atoms with E-state index in [9.17, 15) is 4.79 Å². The molecule has 1 heterocycles. The van der Waals surface area contributed by atoms with Crippen molar-refractivity contribution >= 4 is 17.5 Å². The van der Waals surface area contributed by atoms with E-state index in [4.69, 9.17) is 4.74 Å². The second-order valence-electron chi connectivity index (χ2n) is 5.10. The van der Waals surface area contributed by atoms with Crippen LogP contribution in [0.2, 0.25) is 0 Å². The molecule has 0 bridgehead atoms. The summed E-state index contributed by atoms with van der Waals surface area (Å²) >= 11 is 0. The third kappa shape index (κ3) is 2.99.